The van der Waals surface area contributed by atoms with Crippen molar-refractivity contribution in [2.24, 2.45) is 11.7 Å². The average Bonchev–Trinajstić information content (AvgIpc) is 3.08. The number of nitrogens with two attached hydrogens (primary N) is 1. The van der Waals surface area contributed by atoms with Crippen molar-refractivity contribution in [3.05, 3.63) is 41.7 Å². The van der Waals surface area contributed by atoms with E-state index in [9.17, 15) is 4.79 Å². The molecule has 3 rings (SSSR count). The summed E-state index contributed by atoms with van der Waals surface area (Å²) in [5.41, 5.74) is 6.64. The van der Waals surface area contributed by atoms with Gasteiger partial charge in [-0.3, -0.25) is 9.69 Å². The highest BCUT2D eigenvalue weighted by Gasteiger charge is 2.30. The molecule has 1 aliphatic rings. The maximum atomic E-state index is 11.4. The molecule has 134 valence electrons. The van der Waals surface area contributed by atoms with Crippen LogP contribution in [-0.4, -0.2) is 44.1 Å². The van der Waals surface area contributed by atoms with E-state index in [4.69, 9.17) is 5.73 Å². The third-order valence-corrected chi connectivity index (χ3v) is 4.97. The Hall–Kier alpha value is -2.28. The summed E-state index contributed by atoms with van der Waals surface area (Å²) < 4.78 is 1.90. The van der Waals surface area contributed by atoms with Crippen LogP contribution in [0, 0.1) is 5.92 Å². The van der Waals surface area contributed by atoms with E-state index in [0.29, 0.717) is 6.54 Å². The first-order valence-electron chi connectivity index (χ1n) is 9.02. The van der Waals surface area contributed by atoms with E-state index in [1.54, 1.807) is 0 Å². The van der Waals surface area contributed by atoms with Crippen molar-refractivity contribution >= 4 is 5.91 Å². The minimum Gasteiger partial charge on any atom is -0.369 e. The van der Waals surface area contributed by atoms with Gasteiger partial charge >= 0.3 is 0 Å². The molecular formula is C18H26N6O. The lowest BCUT2D eigenvalue weighted by Gasteiger charge is -2.36. The van der Waals surface area contributed by atoms with E-state index < -0.39 is 0 Å². The van der Waals surface area contributed by atoms with Crippen molar-refractivity contribution in [3.63, 3.8) is 0 Å². The molecule has 1 aromatic carbocycles. The third kappa shape index (κ3) is 4.22. The van der Waals surface area contributed by atoms with Crippen LogP contribution < -0.4 is 5.73 Å². The monoisotopic (exact) mass is 342 g/mol. The van der Waals surface area contributed by atoms with Gasteiger partial charge in [0.15, 0.2) is 5.82 Å². The molecule has 0 unspecified atom stereocenters. The lowest BCUT2D eigenvalue weighted by Crippen LogP contribution is -2.41. The number of likely N-dealkylation sites (tertiary alicyclic amines) is 1. The van der Waals surface area contributed by atoms with Crippen molar-refractivity contribution < 1.29 is 4.79 Å². The van der Waals surface area contributed by atoms with Gasteiger partial charge in [-0.05, 0) is 48.3 Å². The van der Waals surface area contributed by atoms with E-state index in [1.165, 1.54) is 5.56 Å². The molecule has 25 heavy (non-hydrogen) atoms. The number of nitrogens with zero attached hydrogens (tertiary/aromatic N) is 5. The van der Waals surface area contributed by atoms with Crippen LogP contribution in [0.1, 0.15) is 50.0 Å². The molecule has 1 atom stereocenters. The number of benzene rings is 1. The van der Waals surface area contributed by atoms with Gasteiger partial charge in [-0.2, -0.15) is 0 Å². The quantitative estimate of drug-likeness (QED) is 0.828. The van der Waals surface area contributed by atoms with Crippen molar-refractivity contribution in [3.8, 4) is 0 Å². The number of primary amides is 1. The summed E-state index contributed by atoms with van der Waals surface area (Å²) in [5.74, 6) is 0.725. The maximum absolute atomic E-state index is 11.4. The van der Waals surface area contributed by atoms with E-state index in [1.807, 2.05) is 22.9 Å². The van der Waals surface area contributed by atoms with E-state index >= 15 is 0 Å². The molecule has 1 aliphatic heterocycles. The fraction of sp³-hybridized carbons (Fsp3) is 0.556. The van der Waals surface area contributed by atoms with Crippen LogP contribution in [0.25, 0.3) is 0 Å². The predicted octanol–water partition coefficient (Wildman–Crippen LogP) is 1.76. The molecular weight excluding hydrogens is 316 g/mol. The largest absolute Gasteiger partial charge is 0.369 e. The number of aromatic nitrogens is 4. The fourth-order valence-electron chi connectivity index (χ4n) is 3.56. The number of amides is 1. The van der Waals surface area contributed by atoms with Crippen molar-refractivity contribution in [2.45, 2.75) is 45.2 Å². The van der Waals surface area contributed by atoms with Crippen molar-refractivity contribution in [2.75, 3.05) is 13.1 Å². The van der Waals surface area contributed by atoms with Gasteiger partial charge in [0.05, 0.1) is 12.6 Å². The van der Waals surface area contributed by atoms with Gasteiger partial charge in [-0.15, -0.1) is 5.10 Å². The minimum atomic E-state index is -0.180. The van der Waals surface area contributed by atoms with Crippen LogP contribution in [-0.2, 0) is 11.3 Å². The molecule has 2 heterocycles. The Bertz CT molecular complexity index is 678. The summed E-state index contributed by atoms with van der Waals surface area (Å²) in [7, 11) is 0. The van der Waals surface area contributed by atoms with Gasteiger partial charge in [0.2, 0.25) is 5.91 Å². The molecule has 1 fully saturated rings. The van der Waals surface area contributed by atoms with Gasteiger partial charge in [0.1, 0.15) is 0 Å². The van der Waals surface area contributed by atoms with Crippen LogP contribution in [0.5, 0.6) is 0 Å². The SMILES string of the molecule is CCC[C@@H](c1nnnn1Cc1ccccc1)N1CCC(C(N)=O)CC1. The second-order valence-electron chi connectivity index (χ2n) is 6.70. The number of hydrogen-bond donors (Lipinski definition) is 1. The Balaban J connectivity index is 1.75. The van der Waals surface area contributed by atoms with Crippen molar-refractivity contribution in [1.29, 1.82) is 0 Å². The number of rotatable bonds is 7. The van der Waals surface area contributed by atoms with Crippen LogP contribution >= 0.6 is 0 Å². The van der Waals surface area contributed by atoms with Crippen LogP contribution in [0.4, 0.5) is 0 Å². The summed E-state index contributed by atoms with van der Waals surface area (Å²) in [6.45, 7) is 4.56. The standard InChI is InChI=1S/C18H26N6O/c1-2-6-16(23-11-9-15(10-12-23)17(19)25)18-20-21-22-24(18)13-14-7-4-3-5-8-14/h3-5,7-8,15-16H,2,6,9-13H2,1H3,(H2,19,25)/t16-/m0/s1. The Morgan fingerprint density at radius 3 is 2.64 bits per heavy atom. The Labute approximate surface area is 148 Å². The first-order chi connectivity index (χ1) is 12.2. The molecule has 0 aliphatic carbocycles. The van der Waals surface area contributed by atoms with E-state index in [0.717, 1.165) is 44.6 Å². The first-order valence-corrected chi connectivity index (χ1v) is 9.02. The molecule has 0 saturated carbocycles. The van der Waals surface area contributed by atoms with Crippen LogP contribution in [0.15, 0.2) is 30.3 Å². The summed E-state index contributed by atoms with van der Waals surface area (Å²) in [6, 6.07) is 10.4. The molecule has 0 spiro atoms. The molecule has 2 N–H and O–H groups in total. The average molecular weight is 342 g/mol. The number of carbonyl (C=O) groups excluding carboxylic acids is 1. The summed E-state index contributed by atoms with van der Waals surface area (Å²) in [4.78, 5) is 13.8. The summed E-state index contributed by atoms with van der Waals surface area (Å²) >= 11 is 0. The van der Waals surface area contributed by atoms with Gasteiger partial charge < -0.3 is 5.73 Å². The molecule has 2 aromatic rings. The minimum absolute atomic E-state index is 0.00107. The van der Waals surface area contributed by atoms with Crippen molar-refractivity contribution in [1.82, 2.24) is 25.1 Å². The molecule has 0 bridgehead atoms. The highest BCUT2D eigenvalue weighted by molar-refractivity contribution is 5.76. The van der Waals surface area contributed by atoms with Gasteiger partial charge in [0, 0.05) is 5.92 Å². The second kappa shape index (κ2) is 8.20. The third-order valence-electron chi connectivity index (χ3n) is 4.97. The van der Waals surface area contributed by atoms with E-state index in [-0.39, 0.29) is 17.9 Å². The summed E-state index contributed by atoms with van der Waals surface area (Å²) in [5, 5.41) is 12.5. The van der Waals surface area contributed by atoms with Gasteiger partial charge in [-0.25, -0.2) is 4.68 Å². The molecule has 1 aromatic heterocycles. The Morgan fingerprint density at radius 2 is 2.00 bits per heavy atom. The lowest BCUT2D eigenvalue weighted by atomic mass is 9.94. The fourth-order valence-corrected chi connectivity index (χ4v) is 3.56. The zero-order valence-corrected chi connectivity index (χ0v) is 14.7. The zero-order chi connectivity index (χ0) is 17.6. The first kappa shape index (κ1) is 17.5. The zero-order valence-electron chi connectivity index (χ0n) is 14.7. The topological polar surface area (TPSA) is 89.9 Å². The molecule has 7 nitrogen and oxygen atoms in total. The normalized spacial score (nSPS) is 17.5. The lowest BCUT2D eigenvalue weighted by molar-refractivity contribution is -0.123. The molecule has 7 heteroatoms. The van der Waals surface area contributed by atoms with Gasteiger partial charge in [0.25, 0.3) is 0 Å². The Kier molecular flexibility index (Phi) is 5.75. The molecule has 1 amide bonds. The second-order valence-corrected chi connectivity index (χ2v) is 6.70. The van der Waals surface area contributed by atoms with Crippen LogP contribution in [0.2, 0.25) is 0 Å². The number of hydrogen-bond acceptors (Lipinski definition) is 5. The highest BCUT2D eigenvalue weighted by atomic mass is 16.1. The number of carbonyl (C=O) groups is 1. The molecule has 1 saturated heterocycles. The highest BCUT2D eigenvalue weighted by Crippen LogP contribution is 2.29. The molecule has 0 radical (unpaired) electrons. The van der Waals surface area contributed by atoms with E-state index in [2.05, 4.69) is 39.5 Å². The smallest absolute Gasteiger partial charge is 0.220 e. The predicted molar refractivity (Wildman–Crippen MR) is 94.5 cm³/mol. The summed E-state index contributed by atoms with van der Waals surface area (Å²) in [6.07, 6.45) is 3.68. The number of tetrazole rings is 1. The Morgan fingerprint density at radius 1 is 1.28 bits per heavy atom. The maximum Gasteiger partial charge on any atom is 0.220 e. The number of piperidine rings is 1. The van der Waals surface area contributed by atoms with Gasteiger partial charge in [-0.1, -0.05) is 43.7 Å². The van der Waals surface area contributed by atoms with Crippen LogP contribution in [0.3, 0.4) is 0 Å².